The van der Waals surface area contributed by atoms with Crippen molar-refractivity contribution in [2.75, 3.05) is 0 Å². The number of phenolic OH excluding ortho intramolecular Hbond substituents is 1. The van der Waals surface area contributed by atoms with Gasteiger partial charge in [-0.05, 0) is 65.6 Å². The Morgan fingerprint density at radius 1 is 1.03 bits per heavy atom. The molecule has 3 aromatic rings. The van der Waals surface area contributed by atoms with Crippen molar-refractivity contribution in [2.45, 2.75) is 31.5 Å². The summed E-state index contributed by atoms with van der Waals surface area (Å²) < 4.78 is 74.8. The average Bonchev–Trinajstić information content (AvgIpc) is 3.37. The summed E-state index contributed by atoms with van der Waals surface area (Å²) in [5.74, 6) is -1.12. The lowest BCUT2D eigenvalue weighted by Gasteiger charge is -2.17. The molecule has 1 saturated carbocycles. The fourth-order valence-electron chi connectivity index (χ4n) is 4.27. The summed E-state index contributed by atoms with van der Waals surface area (Å²) in [6.45, 7) is -0.366. The highest BCUT2D eigenvalue weighted by atomic mass is 19.4. The van der Waals surface area contributed by atoms with Gasteiger partial charge >= 0.3 is 6.18 Å². The Kier molecular flexibility index (Phi) is 4.42. The maximum absolute atomic E-state index is 14.5. The second-order valence-electron chi connectivity index (χ2n) is 7.97. The second-order valence-corrected chi connectivity index (χ2v) is 7.97. The van der Waals surface area contributed by atoms with Crippen molar-refractivity contribution in [3.8, 4) is 22.8 Å². The van der Waals surface area contributed by atoms with Crippen molar-refractivity contribution in [1.29, 1.82) is 0 Å². The molecule has 160 valence electrons. The smallest absolute Gasteiger partial charge is 0.417 e. The van der Waals surface area contributed by atoms with Crippen LogP contribution in [0.3, 0.4) is 0 Å². The van der Waals surface area contributed by atoms with Crippen molar-refractivity contribution in [2.24, 2.45) is 5.92 Å². The molecule has 0 saturated heterocycles. The van der Waals surface area contributed by atoms with Crippen LogP contribution >= 0.6 is 0 Å². The van der Waals surface area contributed by atoms with Gasteiger partial charge in [-0.15, -0.1) is 0 Å². The molecule has 0 bridgehead atoms. The number of pyridine rings is 1. The molecule has 1 heterocycles. The molecule has 2 aliphatic carbocycles. The minimum atomic E-state index is -4.90. The lowest BCUT2D eigenvalue weighted by Crippen LogP contribution is -2.11. The van der Waals surface area contributed by atoms with E-state index < -0.39 is 40.3 Å². The highest BCUT2D eigenvalue weighted by Crippen LogP contribution is 2.56. The highest BCUT2D eigenvalue weighted by Gasteiger charge is 2.45. The molecule has 3 nitrogen and oxygen atoms in total. The van der Waals surface area contributed by atoms with Crippen molar-refractivity contribution < 1.29 is 31.8 Å². The second kappa shape index (κ2) is 6.93. The van der Waals surface area contributed by atoms with Crippen LogP contribution in [0, 0.1) is 17.6 Å². The molecule has 2 aromatic carbocycles. The standard InChI is InChI=1S/C23H16F5NO2/c24-20-8-19(23(26,27)28)17(15-2-1-14(30)7-21(15)25)5-13(20)10-31-22-6-12-3-11-4-16(11)18(12)9-29-22/h1-2,5-9,11,16,30H,3-4,10H2. The topological polar surface area (TPSA) is 42.4 Å². The van der Waals surface area contributed by atoms with Gasteiger partial charge in [0.25, 0.3) is 0 Å². The Morgan fingerprint density at radius 3 is 2.58 bits per heavy atom. The molecular formula is C23H16F5NO2. The number of rotatable bonds is 4. The van der Waals surface area contributed by atoms with Gasteiger partial charge in [0.2, 0.25) is 5.88 Å². The van der Waals surface area contributed by atoms with E-state index in [0.717, 1.165) is 30.2 Å². The molecule has 1 fully saturated rings. The van der Waals surface area contributed by atoms with E-state index in [9.17, 15) is 27.1 Å². The Hall–Kier alpha value is -3.16. The summed E-state index contributed by atoms with van der Waals surface area (Å²) in [5, 5.41) is 9.36. The Balaban J connectivity index is 1.47. The van der Waals surface area contributed by atoms with Gasteiger partial charge in [0.05, 0.1) is 5.56 Å². The molecule has 1 aromatic heterocycles. The van der Waals surface area contributed by atoms with Crippen molar-refractivity contribution in [3.05, 3.63) is 76.5 Å². The third kappa shape index (κ3) is 3.60. The first kappa shape index (κ1) is 19.8. The van der Waals surface area contributed by atoms with E-state index in [1.807, 2.05) is 0 Å². The number of benzene rings is 2. The Morgan fingerprint density at radius 2 is 1.84 bits per heavy atom. The number of hydrogen-bond acceptors (Lipinski definition) is 3. The van der Waals surface area contributed by atoms with Gasteiger partial charge in [-0.25, -0.2) is 13.8 Å². The monoisotopic (exact) mass is 433 g/mol. The average molecular weight is 433 g/mol. The maximum atomic E-state index is 14.5. The van der Waals surface area contributed by atoms with E-state index in [1.54, 1.807) is 12.3 Å². The van der Waals surface area contributed by atoms with Crippen LogP contribution in [0.4, 0.5) is 22.0 Å². The van der Waals surface area contributed by atoms with Crippen LogP contribution in [0.2, 0.25) is 0 Å². The molecule has 31 heavy (non-hydrogen) atoms. The molecular weight excluding hydrogens is 417 g/mol. The first-order valence-electron chi connectivity index (χ1n) is 9.71. The van der Waals surface area contributed by atoms with Gasteiger partial charge < -0.3 is 9.84 Å². The van der Waals surface area contributed by atoms with E-state index in [-0.39, 0.29) is 18.1 Å². The van der Waals surface area contributed by atoms with Crippen molar-refractivity contribution in [1.82, 2.24) is 4.98 Å². The van der Waals surface area contributed by atoms with Crippen LogP contribution in [0.15, 0.2) is 42.6 Å². The molecule has 0 aliphatic heterocycles. The van der Waals surface area contributed by atoms with Gasteiger partial charge in [0.1, 0.15) is 24.0 Å². The van der Waals surface area contributed by atoms with Crippen LogP contribution in [0.5, 0.6) is 11.6 Å². The van der Waals surface area contributed by atoms with Crippen LogP contribution in [-0.2, 0) is 19.2 Å². The fourth-order valence-corrected chi connectivity index (χ4v) is 4.27. The zero-order valence-corrected chi connectivity index (χ0v) is 16.0. The van der Waals surface area contributed by atoms with E-state index in [0.29, 0.717) is 24.0 Å². The molecule has 8 heteroatoms. The van der Waals surface area contributed by atoms with E-state index in [4.69, 9.17) is 4.74 Å². The fraction of sp³-hybridized carbons (Fsp3) is 0.261. The maximum Gasteiger partial charge on any atom is 0.417 e. The third-order valence-electron chi connectivity index (χ3n) is 5.91. The molecule has 2 atom stereocenters. The highest BCUT2D eigenvalue weighted by molar-refractivity contribution is 5.70. The van der Waals surface area contributed by atoms with Gasteiger partial charge in [-0.1, -0.05) is 0 Å². The number of nitrogens with zero attached hydrogens (tertiary/aromatic N) is 1. The Labute approximate surface area is 174 Å². The predicted molar refractivity (Wildman–Crippen MR) is 102 cm³/mol. The number of alkyl halides is 3. The van der Waals surface area contributed by atoms with Gasteiger partial charge in [0.15, 0.2) is 0 Å². The number of ether oxygens (including phenoxy) is 1. The summed E-state index contributed by atoms with van der Waals surface area (Å²) in [5.41, 5.74) is -0.0868. The third-order valence-corrected chi connectivity index (χ3v) is 5.91. The van der Waals surface area contributed by atoms with Crippen molar-refractivity contribution in [3.63, 3.8) is 0 Å². The molecule has 5 rings (SSSR count). The lowest BCUT2D eigenvalue weighted by molar-refractivity contribution is -0.137. The summed E-state index contributed by atoms with van der Waals surface area (Å²) in [4.78, 5) is 4.22. The summed E-state index contributed by atoms with van der Waals surface area (Å²) in [6, 6.07) is 5.83. The number of phenols is 1. The number of aromatic hydroxyl groups is 1. The number of hydrogen-bond donors (Lipinski definition) is 1. The van der Waals surface area contributed by atoms with Crippen LogP contribution in [0.25, 0.3) is 11.1 Å². The minimum Gasteiger partial charge on any atom is -0.508 e. The van der Waals surface area contributed by atoms with E-state index in [1.165, 1.54) is 12.0 Å². The number of halogens is 5. The summed E-state index contributed by atoms with van der Waals surface area (Å²) >= 11 is 0. The summed E-state index contributed by atoms with van der Waals surface area (Å²) in [7, 11) is 0. The largest absolute Gasteiger partial charge is 0.508 e. The predicted octanol–water partition coefficient (Wildman–Crippen LogP) is 5.99. The molecule has 1 N–H and O–H groups in total. The molecule has 0 amide bonds. The lowest BCUT2D eigenvalue weighted by atomic mass is 9.96. The van der Waals surface area contributed by atoms with Gasteiger partial charge in [0, 0.05) is 29.5 Å². The Bertz CT molecular complexity index is 1190. The van der Waals surface area contributed by atoms with E-state index in [2.05, 4.69) is 4.98 Å². The van der Waals surface area contributed by atoms with Crippen LogP contribution in [0.1, 0.15) is 34.6 Å². The molecule has 0 spiro atoms. The molecule has 2 aliphatic rings. The zero-order chi connectivity index (χ0) is 21.9. The van der Waals surface area contributed by atoms with Crippen LogP contribution in [-0.4, -0.2) is 10.1 Å². The van der Waals surface area contributed by atoms with Gasteiger partial charge in [-0.2, -0.15) is 13.2 Å². The number of fused-ring (bicyclic) bond motifs is 3. The van der Waals surface area contributed by atoms with Gasteiger partial charge in [-0.3, -0.25) is 0 Å². The normalized spacial score (nSPS) is 19.1. The van der Waals surface area contributed by atoms with Crippen LogP contribution < -0.4 is 4.74 Å². The molecule has 0 radical (unpaired) electrons. The first-order valence-corrected chi connectivity index (χ1v) is 9.71. The van der Waals surface area contributed by atoms with Crippen molar-refractivity contribution >= 4 is 0 Å². The minimum absolute atomic E-state index is 0.166. The SMILES string of the molecule is Oc1ccc(-c2cc(COc3cc4c(cn3)C3CC3C4)c(F)cc2C(F)(F)F)c(F)c1. The first-order chi connectivity index (χ1) is 14.7. The summed E-state index contributed by atoms with van der Waals surface area (Å²) in [6.07, 6.45) is -1.05. The quantitative estimate of drug-likeness (QED) is 0.514. The molecule has 2 unspecified atom stereocenters. The van der Waals surface area contributed by atoms with E-state index >= 15 is 0 Å². The number of aromatic nitrogens is 1. The zero-order valence-electron chi connectivity index (χ0n) is 16.0.